The predicted molar refractivity (Wildman–Crippen MR) is 94.0 cm³/mol. The average Bonchev–Trinajstić information content (AvgIpc) is 2.73. The lowest BCUT2D eigenvalue weighted by Gasteiger charge is -2.18. The summed E-state index contributed by atoms with van der Waals surface area (Å²) in [5.41, 5.74) is 1.32. The maximum absolute atomic E-state index is 12.0. The van der Waals surface area contributed by atoms with Gasteiger partial charge in [-0.25, -0.2) is 0 Å². The Morgan fingerprint density at radius 2 is 2.14 bits per heavy atom. The number of carbonyl (C=O) groups is 1. The molecule has 1 heterocycles. The van der Waals surface area contributed by atoms with E-state index in [0.717, 1.165) is 29.8 Å². The van der Waals surface area contributed by atoms with Crippen molar-refractivity contribution in [2.75, 3.05) is 5.32 Å². The molecule has 118 valence electrons. The van der Waals surface area contributed by atoms with E-state index in [1.807, 2.05) is 20.8 Å². The van der Waals surface area contributed by atoms with Crippen LogP contribution >= 0.6 is 23.6 Å². The Morgan fingerprint density at radius 1 is 1.45 bits per heavy atom. The maximum atomic E-state index is 12.0. The highest BCUT2D eigenvalue weighted by atomic mass is 32.1. The molecule has 0 saturated carbocycles. The molecule has 2 N–H and O–H groups in total. The summed E-state index contributed by atoms with van der Waals surface area (Å²) in [7, 11) is 0. The number of hydrogen-bond acceptors (Lipinski definition) is 4. The molecule has 0 aromatic carbocycles. The van der Waals surface area contributed by atoms with E-state index in [1.54, 1.807) is 11.3 Å². The van der Waals surface area contributed by atoms with Crippen LogP contribution in [0.4, 0.5) is 5.00 Å². The van der Waals surface area contributed by atoms with E-state index in [4.69, 9.17) is 12.2 Å². The molecule has 1 aromatic rings. The summed E-state index contributed by atoms with van der Waals surface area (Å²) in [5, 5.41) is 16.2. The zero-order valence-electron chi connectivity index (χ0n) is 13.4. The molecule has 6 heteroatoms. The highest BCUT2D eigenvalue weighted by molar-refractivity contribution is 7.80. The SMILES string of the molecule is CC1CCc2c(sc(NC(=S)NC(=O)C(C)(C)C)c2C#N)C1. The molecule has 1 unspecified atom stereocenters. The largest absolute Gasteiger partial charge is 0.323 e. The van der Waals surface area contributed by atoms with Crippen molar-refractivity contribution in [3.8, 4) is 6.07 Å². The Morgan fingerprint density at radius 3 is 2.73 bits per heavy atom. The van der Waals surface area contributed by atoms with Gasteiger partial charge in [-0.05, 0) is 43.0 Å². The average molecular weight is 335 g/mol. The van der Waals surface area contributed by atoms with Crippen LogP contribution in [-0.2, 0) is 17.6 Å². The first-order chi connectivity index (χ1) is 10.2. The molecular formula is C16H21N3OS2. The van der Waals surface area contributed by atoms with Crippen LogP contribution in [0.5, 0.6) is 0 Å². The van der Waals surface area contributed by atoms with Gasteiger partial charge in [0.2, 0.25) is 5.91 Å². The van der Waals surface area contributed by atoms with Gasteiger partial charge in [0.1, 0.15) is 11.1 Å². The summed E-state index contributed by atoms with van der Waals surface area (Å²) in [6, 6.07) is 2.28. The molecule has 1 atom stereocenters. The third kappa shape index (κ3) is 3.65. The number of carbonyl (C=O) groups excluding carboxylic acids is 1. The van der Waals surface area contributed by atoms with Crippen LogP contribution in [-0.4, -0.2) is 11.0 Å². The smallest absolute Gasteiger partial charge is 0.231 e. The second kappa shape index (κ2) is 6.35. The van der Waals surface area contributed by atoms with Crippen LogP contribution in [0.15, 0.2) is 0 Å². The second-order valence-corrected chi connectivity index (χ2v) is 8.34. The Balaban J connectivity index is 2.15. The molecule has 0 saturated heterocycles. The van der Waals surface area contributed by atoms with Gasteiger partial charge in [0.15, 0.2) is 5.11 Å². The van der Waals surface area contributed by atoms with Gasteiger partial charge in [-0.2, -0.15) is 5.26 Å². The number of amides is 1. The van der Waals surface area contributed by atoms with E-state index in [2.05, 4.69) is 23.6 Å². The molecule has 1 amide bonds. The monoisotopic (exact) mass is 335 g/mol. The van der Waals surface area contributed by atoms with Crippen LogP contribution in [0, 0.1) is 22.7 Å². The van der Waals surface area contributed by atoms with E-state index in [1.165, 1.54) is 4.88 Å². The van der Waals surface area contributed by atoms with Crippen LogP contribution in [0.2, 0.25) is 0 Å². The molecule has 0 bridgehead atoms. The third-order valence-corrected chi connectivity index (χ3v) is 5.13. The van der Waals surface area contributed by atoms with E-state index >= 15 is 0 Å². The number of nitrogens with zero attached hydrogens (tertiary/aromatic N) is 1. The van der Waals surface area contributed by atoms with Crippen molar-refractivity contribution in [3.63, 3.8) is 0 Å². The van der Waals surface area contributed by atoms with E-state index < -0.39 is 5.41 Å². The first-order valence-corrected chi connectivity index (χ1v) is 8.62. The van der Waals surface area contributed by atoms with Crippen molar-refractivity contribution >= 4 is 39.6 Å². The van der Waals surface area contributed by atoms with Gasteiger partial charge in [-0.15, -0.1) is 11.3 Å². The van der Waals surface area contributed by atoms with E-state index in [9.17, 15) is 10.1 Å². The molecule has 0 aliphatic heterocycles. The number of thiocarbonyl (C=S) groups is 1. The number of nitrogens with one attached hydrogen (secondary N) is 2. The van der Waals surface area contributed by atoms with Crippen molar-refractivity contribution in [2.24, 2.45) is 11.3 Å². The molecule has 0 spiro atoms. The summed E-state index contributed by atoms with van der Waals surface area (Å²) in [4.78, 5) is 13.2. The summed E-state index contributed by atoms with van der Waals surface area (Å²) < 4.78 is 0. The molecule has 4 nitrogen and oxygen atoms in total. The number of anilines is 1. The minimum absolute atomic E-state index is 0.140. The van der Waals surface area contributed by atoms with Crippen molar-refractivity contribution in [1.29, 1.82) is 5.26 Å². The highest BCUT2D eigenvalue weighted by Crippen LogP contribution is 2.39. The lowest BCUT2D eigenvalue weighted by Crippen LogP contribution is -2.41. The molecular weight excluding hydrogens is 314 g/mol. The van der Waals surface area contributed by atoms with Gasteiger partial charge >= 0.3 is 0 Å². The Hall–Kier alpha value is -1.45. The van der Waals surface area contributed by atoms with E-state index in [0.29, 0.717) is 11.5 Å². The van der Waals surface area contributed by atoms with Gasteiger partial charge in [0.25, 0.3) is 0 Å². The Labute approximate surface area is 140 Å². The number of fused-ring (bicyclic) bond motifs is 1. The zero-order valence-corrected chi connectivity index (χ0v) is 15.0. The first-order valence-electron chi connectivity index (χ1n) is 7.39. The number of thiophene rings is 1. The fraction of sp³-hybridized carbons (Fsp3) is 0.562. The van der Waals surface area contributed by atoms with Crippen molar-refractivity contribution in [3.05, 3.63) is 16.0 Å². The van der Waals surface area contributed by atoms with Crippen LogP contribution in [0.3, 0.4) is 0 Å². The van der Waals surface area contributed by atoms with Crippen LogP contribution in [0.1, 0.15) is 50.1 Å². The van der Waals surface area contributed by atoms with Gasteiger partial charge in [-0.3, -0.25) is 4.79 Å². The molecule has 0 fully saturated rings. The minimum atomic E-state index is -0.506. The van der Waals surface area contributed by atoms with Gasteiger partial charge < -0.3 is 10.6 Å². The number of hydrogen-bond donors (Lipinski definition) is 2. The van der Waals surface area contributed by atoms with Crippen molar-refractivity contribution in [1.82, 2.24) is 5.32 Å². The van der Waals surface area contributed by atoms with Crippen LogP contribution < -0.4 is 10.6 Å². The van der Waals surface area contributed by atoms with Gasteiger partial charge in [-0.1, -0.05) is 27.7 Å². The molecule has 1 aliphatic rings. The zero-order chi connectivity index (χ0) is 16.5. The quantitative estimate of drug-likeness (QED) is 0.770. The lowest BCUT2D eigenvalue weighted by molar-refractivity contribution is -0.126. The molecule has 1 aromatic heterocycles. The van der Waals surface area contributed by atoms with Crippen molar-refractivity contribution in [2.45, 2.75) is 47.0 Å². The van der Waals surface area contributed by atoms with E-state index in [-0.39, 0.29) is 11.0 Å². The number of nitriles is 1. The molecule has 0 radical (unpaired) electrons. The first kappa shape index (κ1) is 16.9. The predicted octanol–water partition coefficient (Wildman–Crippen LogP) is 3.60. The van der Waals surface area contributed by atoms with Gasteiger partial charge in [0.05, 0.1) is 5.56 Å². The summed E-state index contributed by atoms with van der Waals surface area (Å²) >= 11 is 6.79. The summed E-state index contributed by atoms with van der Waals surface area (Å²) in [5.74, 6) is 0.511. The van der Waals surface area contributed by atoms with Crippen LogP contribution in [0.25, 0.3) is 0 Å². The third-order valence-electron chi connectivity index (χ3n) is 3.76. The van der Waals surface area contributed by atoms with Crippen molar-refractivity contribution < 1.29 is 4.79 Å². The minimum Gasteiger partial charge on any atom is -0.323 e. The summed E-state index contributed by atoms with van der Waals surface area (Å²) in [6.07, 6.45) is 3.07. The topological polar surface area (TPSA) is 64.9 Å². The Bertz CT molecular complexity index is 650. The molecule has 22 heavy (non-hydrogen) atoms. The fourth-order valence-electron chi connectivity index (χ4n) is 2.38. The normalized spacial score (nSPS) is 17.3. The number of rotatable bonds is 1. The standard InChI is InChI=1S/C16H21N3OS2/c1-9-5-6-10-11(8-17)13(22-12(10)7-9)18-15(21)19-14(20)16(2,3)4/h9H,5-7H2,1-4H3,(H2,18,19,20,21). The maximum Gasteiger partial charge on any atom is 0.231 e. The van der Waals surface area contributed by atoms with Gasteiger partial charge in [0, 0.05) is 10.3 Å². The summed E-state index contributed by atoms with van der Waals surface area (Å²) in [6.45, 7) is 7.72. The molecule has 1 aliphatic carbocycles. The second-order valence-electron chi connectivity index (χ2n) is 6.83. The lowest BCUT2D eigenvalue weighted by atomic mass is 9.89. The fourth-order valence-corrected chi connectivity index (χ4v) is 4.01. The molecule has 2 rings (SSSR count). The highest BCUT2D eigenvalue weighted by Gasteiger charge is 2.25. The Kier molecular flexibility index (Phi) is 4.88.